The Morgan fingerprint density at radius 1 is 1.19 bits per heavy atom. The third-order valence-corrected chi connectivity index (χ3v) is 4.33. The molecule has 0 saturated heterocycles. The van der Waals surface area contributed by atoms with Crippen LogP contribution < -0.4 is 5.32 Å². The van der Waals surface area contributed by atoms with Crippen LogP contribution >= 0.6 is 0 Å². The molecule has 4 heteroatoms. The lowest BCUT2D eigenvalue weighted by atomic mass is 10.1. The molecule has 1 N–H and O–H groups in total. The molecule has 1 amide bonds. The number of unbranched alkanes of at least 4 members (excludes halogenated alkanes) is 1. The van der Waals surface area contributed by atoms with E-state index in [-0.39, 0.29) is 5.57 Å². The predicted octanol–water partition coefficient (Wildman–Crippen LogP) is 5.12. The summed E-state index contributed by atoms with van der Waals surface area (Å²) < 4.78 is 0. The van der Waals surface area contributed by atoms with Crippen LogP contribution in [0.2, 0.25) is 0 Å². The molecule has 0 aliphatic heterocycles. The van der Waals surface area contributed by atoms with Crippen molar-refractivity contribution in [1.82, 2.24) is 4.98 Å². The van der Waals surface area contributed by atoms with Crippen molar-refractivity contribution in [3.8, 4) is 6.07 Å². The zero-order valence-corrected chi connectivity index (χ0v) is 15.3. The van der Waals surface area contributed by atoms with Crippen molar-refractivity contribution in [3.63, 3.8) is 0 Å². The van der Waals surface area contributed by atoms with E-state index in [1.807, 2.05) is 60.7 Å². The molecule has 0 radical (unpaired) electrons. The summed E-state index contributed by atoms with van der Waals surface area (Å²) in [4.78, 5) is 16.7. The largest absolute Gasteiger partial charge is 0.321 e. The molecular formula is C23H21N3O. The summed E-state index contributed by atoms with van der Waals surface area (Å²) in [5.74, 6) is -0.412. The second-order valence-corrected chi connectivity index (χ2v) is 6.38. The topological polar surface area (TPSA) is 65.8 Å². The highest BCUT2D eigenvalue weighted by molar-refractivity contribution is 6.09. The average molecular weight is 355 g/mol. The second kappa shape index (κ2) is 8.77. The van der Waals surface area contributed by atoms with Gasteiger partial charge in [-0.15, -0.1) is 0 Å². The van der Waals surface area contributed by atoms with E-state index in [2.05, 4.69) is 17.2 Å². The lowest BCUT2D eigenvalue weighted by molar-refractivity contribution is -0.112. The number of aryl methyl sites for hydroxylation is 1. The van der Waals surface area contributed by atoms with Crippen LogP contribution in [0, 0.1) is 11.3 Å². The molecule has 3 aromatic rings. The summed E-state index contributed by atoms with van der Waals surface area (Å²) in [6.07, 6.45) is 6.66. The molecule has 1 heterocycles. The van der Waals surface area contributed by atoms with Crippen LogP contribution in [0.1, 0.15) is 30.9 Å². The Morgan fingerprint density at radius 2 is 2.00 bits per heavy atom. The normalized spacial score (nSPS) is 11.2. The first-order valence-corrected chi connectivity index (χ1v) is 9.06. The molecular weight excluding hydrogens is 334 g/mol. The Kier molecular flexibility index (Phi) is 5.96. The first-order valence-electron chi connectivity index (χ1n) is 9.06. The summed E-state index contributed by atoms with van der Waals surface area (Å²) in [6, 6.07) is 19.2. The zero-order chi connectivity index (χ0) is 19.1. The monoisotopic (exact) mass is 355 g/mol. The molecule has 0 fully saturated rings. The molecule has 2 aromatic carbocycles. The van der Waals surface area contributed by atoms with Gasteiger partial charge in [0.15, 0.2) is 0 Å². The van der Waals surface area contributed by atoms with Gasteiger partial charge in [-0.1, -0.05) is 37.6 Å². The molecule has 4 nitrogen and oxygen atoms in total. The SMILES string of the molecule is CCCCc1ccc(NC(=O)/C(C#N)=C\c2ccc3ncccc3c2)cc1. The molecule has 134 valence electrons. The third kappa shape index (κ3) is 4.80. The van der Waals surface area contributed by atoms with Gasteiger partial charge in [-0.25, -0.2) is 0 Å². The average Bonchev–Trinajstić information content (AvgIpc) is 2.71. The minimum absolute atomic E-state index is 0.0632. The highest BCUT2D eigenvalue weighted by Gasteiger charge is 2.10. The van der Waals surface area contributed by atoms with Gasteiger partial charge < -0.3 is 5.32 Å². The fourth-order valence-corrected chi connectivity index (χ4v) is 2.83. The molecule has 0 aliphatic carbocycles. The zero-order valence-electron chi connectivity index (χ0n) is 15.3. The highest BCUT2D eigenvalue weighted by atomic mass is 16.1. The summed E-state index contributed by atoms with van der Waals surface area (Å²) >= 11 is 0. The van der Waals surface area contributed by atoms with Gasteiger partial charge >= 0.3 is 0 Å². The van der Waals surface area contributed by atoms with Crippen LogP contribution in [0.15, 0.2) is 66.4 Å². The summed E-state index contributed by atoms with van der Waals surface area (Å²) in [5.41, 5.74) is 3.66. The molecule has 0 saturated carbocycles. The lowest BCUT2D eigenvalue weighted by Crippen LogP contribution is -2.13. The summed E-state index contributed by atoms with van der Waals surface area (Å²) in [6.45, 7) is 2.16. The van der Waals surface area contributed by atoms with Crippen LogP contribution in [0.4, 0.5) is 5.69 Å². The van der Waals surface area contributed by atoms with Gasteiger partial charge in [0, 0.05) is 17.3 Å². The van der Waals surface area contributed by atoms with Crippen molar-refractivity contribution in [2.75, 3.05) is 5.32 Å². The van der Waals surface area contributed by atoms with E-state index >= 15 is 0 Å². The lowest BCUT2D eigenvalue weighted by Gasteiger charge is -2.06. The number of fused-ring (bicyclic) bond motifs is 1. The van der Waals surface area contributed by atoms with Crippen LogP contribution in [-0.4, -0.2) is 10.9 Å². The predicted molar refractivity (Wildman–Crippen MR) is 109 cm³/mol. The first kappa shape index (κ1) is 18.3. The third-order valence-electron chi connectivity index (χ3n) is 4.33. The van der Waals surface area contributed by atoms with Gasteiger partial charge in [0.05, 0.1) is 5.52 Å². The van der Waals surface area contributed by atoms with Crippen molar-refractivity contribution in [1.29, 1.82) is 5.26 Å². The highest BCUT2D eigenvalue weighted by Crippen LogP contribution is 2.17. The Balaban J connectivity index is 1.74. The van der Waals surface area contributed by atoms with Gasteiger partial charge in [0.25, 0.3) is 5.91 Å². The number of pyridine rings is 1. The minimum atomic E-state index is -0.412. The first-order chi connectivity index (χ1) is 13.2. The smallest absolute Gasteiger partial charge is 0.266 e. The van der Waals surface area contributed by atoms with Crippen molar-refractivity contribution in [2.24, 2.45) is 0 Å². The Hall–Kier alpha value is -3.45. The molecule has 0 bridgehead atoms. The standard InChI is InChI=1S/C23H21N3O/c1-2-3-5-17-7-10-21(11-8-17)26-23(27)20(16-24)15-18-9-12-22-19(14-18)6-4-13-25-22/h4,6-15H,2-3,5H2,1H3,(H,26,27)/b20-15-. The molecule has 0 atom stereocenters. The maximum Gasteiger partial charge on any atom is 0.266 e. The number of aromatic nitrogens is 1. The Labute approximate surface area is 159 Å². The van der Waals surface area contributed by atoms with Crippen molar-refractivity contribution in [3.05, 3.63) is 77.5 Å². The molecule has 0 unspecified atom stereocenters. The molecule has 0 aliphatic rings. The molecule has 0 spiro atoms. The van der Waals surface area contributed by atoms with Crippen molar-refractivity contribution < 1.29 is 4.79 Å². The van der Waals surface area contributed by atoms with E-state index in [0.29, 0.717) is 5.69 Å². The van der Waals surface area contributed by atoms with Crippen LogP contribution in [-0.2, 0) is 11.2 Å². The number of nitrogens with zero attached hydrogens (tertiary/aromatic N) is 2. The number of benzene rings is 2. The van der Waals surface area contributed by atoms with Crippen molar-refractivity contribution >= 4 is 28.6 Å². The van der Waals surface area contributed by atoms with Crippen LogP contribution in [0.25, 0.3) is 17.0 Å². The van der Waals surface area contributed by atoms with E-state index in [0.717, 1.165) is 35.7 Å². The maximum absolute atomic E-state index is 12.5. The van der Waals surface area contributed by atoms with E-state index < -0.39 is 5.91 Å². The molecule has 1 aromatic heterocycles. The number of carbonyl (C=O) groups is 1. The number of nitriles is 1. The fourth-order valence-electron chi connectivity index (χ4n) is 2.83. The van der Waals surface area contributed by atoms with Gasteiger partial charge in [0.2, 0.25) is 0 Å². The number of amides is 1. The Morgan fingerprint density at radius 3 is 2.74 bits per heavy atom. The molecule has 27 heavy (non-hydrogen) atoms. The van der Waals surface area contributed by atoms with Gasteiger partial charge in [-0.05, 0) is 60.4 Å². The van der Waals surface area contributed by atoms with Crippen molar-refractivity contribution in [2.45, 2.75) is 26.2 Å². The van der Waals surface area contributed by atoms with E-state index in [9.17, 15) is 10.1 Å². The van der Waals surface area contributed by atoms with E-state index in [1.165, 1.54) is 5.56 Å². The maximum atomic E-state index is 12.5. The van der Waals surface area contributed by atoms with Gasteiger partial charge in [0.1, 0.15) is 11.6 Å². The fraction of sp³-hybridized carbons (Fsp3) is 0.174. The van der Waals surface area contributed by atoms with E-state index in [1.54, 1.807) is 12.3 Å². The summed E-state index contributed by atoms with van der Waals surface area (Å²) in [5, 5.41) is 13.2. The Bertz CT molecular complexity index is 1010. The number of anilines is 1. The van der Waals surface area contributed by atoms with Crippen LogP contribution in [0.5, 0.6) is 0 Å². The minimum Gasteiger partial charge on any atom is -0.321 e. The number of carbonyl (C=O) groups excluding carboxylic acids is 1. The van der Waals surface area contributed by atoms with Crippen LogP contribution in [0.3, 0.4) is 0 Å². The number of rotatable bonds is 6. The second-order valence-electron chi connectivity index (χ2n) is 6.38. The number of hydrogen-bond acceptors (Lipinski definition) is 3. The quantitative estimate of drug-likeness (QED) is 0.493. The van der Waals surface area contributed by atoms with Gasteiger partial charge in [-0.3, -0.25) is 9.78 Å². The summed E-state index contributed by atoms with van der Waals surface area (Å²) in [7, 11) is 0. The van der Waals surface area contributed by atoms with Gasteiger partial charge in [-0.2, -0.15) is 5.26 Å². The molecule has 3 rings (SSSR count). The number of hydrogen-bond donors (Lipinski definition) is 1. The van der Waals surface area contributed by atoms with E-state index in [4.69, 9.17) is 0 Å². The number of nitrogens with one attached hydrogen (secondary N) is 1.